The van der Waals surface area contributed by atoms with Gasteiger partial charge in [-0.2, -0.15) is 0 Å². The zero-order chi connectivity index (χ0) is 27.8. The number of aldehydes is 2. The molecule has 0 N–H and O–H groups in total. The Morgan fingerprint density at radius 3 is 0.905 bits per heavy atom. The fourth-order valence-corrected chi connectivity index (χ4v) is 5.29. The van der Waals surface area contributed by atoms with Crippen LogP contribution in [0.25, 0.3) is 24.3 Å². The standard InChI is InChI=1S/C26H18O2S2.2C5H5.2Fe/c27-17-21-5-1-3-19(21)7-9-23-11-13-25(29-23)15-16-26-14-12-24(30-26)10-8-20-4-2-6-22(20)18-28;2*1-2-4-5-3-1;;/h1-18H;2*1-5H;;/q;;;2*+2/b9-7+,10-8+,16-15+;;;;. The number of hydrogen-bond acceptors (Lipinski definition) is 4. The molecular weight excluding hydrogens is 640 g/mol. The summed E-state index contributed by atoms with van der Waals surface area (Å²) in [5.74, 6) is 3.31. The van der Waals surface area contributed by atoms with E-state index in [1.54, 1.807) is 22.7 Å². The fraction of sp³-hybridized carbons (Fsp3) is 0. The molecule has 0 amide bonds. The normalized spacial score (nSPS) is 19.9. The third-order valence-corrected chi connectivity index (χ3v) is 7.73. The van der Waals surface area contributed by atoms with Gasteiger partial charge >= 0.3 is 34.1 Å². The van der Waals surface area contributed by atoms with E-state index >= 15 is 0 Å². The van der Waals surface area contributed by atoms with Crippen molar-refractivity contribution in [3.63, 3.8) is 0 Å². The summed E-state index contributed by atoms with van der Waals surface area (Å²) in [5.41, 5.74) is 0. The number of allylic oxidation sites excluding steroid dienone is 2. The summed E-state index contributed by atoms with van der Waals surface area (Å²) in [6.45, 7) is 0. The van der Waals surface area contributed by atoms with Gasteiger partial charge in [-0.05, 0) is 151 Å². The Labute approximate surface area is 283 Å². The van der Waals surface area contributed by atoms with E-state index in [-0.39, 0.29) is 34.1 Å². The van der Waals surface area contributed by atoms with E-state index in [1.165, 1.54) is 9.75 Å². The van der Waals surface area contributed by atoms with Crippen molar-refractivity contribution in [2.24, 2.45) is 0 Å². The first-order valence-corrected chi connectivity index (χ1v) is 14.4. The molecule has 4 aliphatic carbocycles. The molecule has 4 fully saturated rings. The first-order valence-electron chi connectivity index (χ1n) is 12.7. The first kappa shape index (κ1) is 37.2. The van der Waals surface area contributed by atoms with Crippen molar-refractivity contribution in [2.75, 3.05) is 0 Å². The predicted octanol–water partition coefficient (Wildman–Crippen LogP) is 7.99. The van der Waals surface area contributed by atoms with E-state index in [0.717, 1.165) is 34.2 Å². The Morgan fingerprint density at radius 1 is 0.357 bits per heavy atom. The maximum Gasteiger partial charge on any atom is 2.00 e. The van der Waals surface area contributed by atoms with Crippen LogP contribution in [0.3, 0.4) is 0 Å². The molecule has 0 bridgehead atoms. The third kappa shape index (κ3) is 12.9. The van der Waals surface area contributed by atoms with Gasteiger partial charge in [0.1, 0.15) is 12.6 Å². The average molecular weight is 668 g/mol. The van der Waals surface area contributed by atoms with Crippen LogP contribution >= 0.6 is 22.7 Å². The second-order valence-corrected chi connectivity index (χ2v) is 10.8. The molecule has 4 aliphatic rings. The van der Waals surface area contributed by atoms with Gasteiger partial charge in [0.05, 0.1) is 11.8 Å². The van der Waals surface area contributed by atoms with Crippen LogP contribution < -0.4 is 0 Å². The van der Waals surface area contributed by atoms with Gasteiger partial charge in [0.2, 0.25) is 0 Å². The molecule has 2 aromatic rings. The number of carbonyl (C=O) groups excluding carboxylic acids is 2. The van der Waals surface area contributed by atoms with E-state index in [1.807, 2.05) is 127 Å². The average Bonchev–Trinajstić information content (AvgIpc) is 3.81. The van der Waals surface area contributed by atoms with Crippen LogP contribution in [-0.4, -0.2) is 12.6 Å². The van der Waals surface area contributed by atoms with Gasteiger partial charge < -0.3 is 9.59 Å². The summed E-state index contributed by atoms with van der Waals surface area (Å²) < 4.78 is 0. The second kappa shape index (κ2) is 21.7. The molecule has 208 valence electrons. The Kier molecular flexibility index (Phi) is 19.2. The quantitative estimate of drug-likeness (QED) is 0.211. The molecule has 6 heteroatoms. The van der Waals surface area contributed by atoms with E-state index in [2.05, 4.69) is 36.4 Å². The van der Waals surface area contributed by atoms with E-state index < -0.39 is 0 Å². The molecule has 20 radical (unpaired) electrons. The van der Waals surface area contributed by atoms with Crippen molar-refractivity contribution in [2.45, 2.75) is 0 Å². The predicted molar refractivity (Wildman–Crippen MR) is 170 cm³/mol. The Morgan fingerprint density at radius 2 is 0.619 bits per heavy atom. The first-order chi connectivity index (χ1) is 19.7. The zero-order valence-electron chi connectivity index (χ0n) is 22.5. The summed E-state index contributed by atoms with van der Waals surface area (Å²) in [6.07, 6.45) is 45.3. The summed E-state index contributed by atoms with van der Waals surface area (Å²) in [5, 5.41) is 0. The maximum absolute atomic E-state index is 11.0. The molecule has 4 saturated carbocycles. The van der Waals surface area contributed by atoms with Crippen molar-refractivity contribution < 1.29 is 43.7 Å². The zero-order valence-corrected chi connectivity index (χ0v) is 26.3. The molecule has 2 aromatic heterocycles. The summed E-state index contributed by atoms with van der Waals surface area (Å²) in [4.78, 5) is 26.6. The molecule has 0 saturated heterocycles. The molecule has 2 nitrogen and oxygen atoms in total. The molecule has 0 unspecified atom stereocenters. The summed E-state index contributed by atoms with van der Waals surface area (Å²) in [7, 11) is 0. The van der Waals surface area contributed by atoms with Crippen LogP contribution in [0.5, 0.6) is 0 Å². The third-order valence-electron chi connectivity index (χ3n) is 5.70. The number of hydrogen-bond donors (Lipinski definition) is 0. The molecule has 0 atom stereocenters. The van der Waals surface area contributed by atoms with Crippen LogP contribution in [0.15, 0.2) is 36.4 Å². The minimum absolute atomic E-state index is 0. The van der Waals surface area contributed by atoms with Crippen molar-refractivity contribution in [3.8, 4) is 0 Å². The maximum atomic E-state index is 11.0. The van der Waals surface area contributed by atoms with Gasteiger partial charge in [-0.15, -0.1) is 22.7 Å². The van der Waals surface area contributed by atoms with Crippen LogP contribution in [0.4, 0.5) is 0 Å². The molecule has 2 heterocycles. The Balaban J connectivity index is 0.000000433. The number of thiophene rings is 2. The van der Waals surface area contributed by atoms with Crippen molar-refractivity contribution >= 4 is 59.5 Å². The fourth-order valence-electron chi connectivity index (χ4n) is 3.66. The summed E-state index contributed by atoms with van der Waals surface area (Å²) >= 11 is 3.40. The SMILES string of the molecule is O=C[C]1[CH][CH][CH][C]1/C=C/c1ccc(/C=C/c2ccc(/C=C/[C]3[CH][CH][CH][C]3C=O)s2)s1.[CH]1[CH][CH][CH][CH]1.[CH]1[CH][CH][CH][CH]1.[Fe+2].[Fe+2]. The minimum Gasteiger partial charge on any atom is -0.303 e. The van der Waals surface area contributed by atoms with E-state index in [9.17, 15) is 9.59 Å². The summed E-state index contributed by atoms with van der Waals surface area (Å²) in [6, 6.07) is 8.35. The van der Waals surface area contributed by atoms with Gasteiger partial charge in [-0.3, -0.25) is 0 Å². The van der Waals surface area contributed by atoms with Gasteiger partial charge in [-0.1, -0.05) is 12.2 Å². The number of carbonyl (C=O) groups is 2. The smallest absolute Gasteiger partial charge is 0.303 e. The van der Waals surface area contributed by atoms with Crippen molar-refractivity contribution in [1.82, 2.24) is 0 Å². The van der Waals surface area contributed by atoms with E-state index in [0.29, 0.717) is 11.8 Å². The topological polar surface area (TPSA) is 34.1 Å². The Bertz CT molecular complexity index is 1010. The van der Waals surface area contributed by atoms with Gasteiger partial charge in [-0.25, -0.2) is 0 Å². The van der Waals surface area contributed by atoms with E-state index in [4.69, 9.17) is 0 Å². The van der Waals surface area contributed by atoms with Gasteiger partial charge in [0, 0.05) is 31.3 Å². The van der Waals surface area contributed by atoms with Crippen LogP contribution in [-0.2, 0) is 43.7 Å². The Hall–Kier alpha value is -1.00. The van der Waals surface area contributed by atoms with Crippen LogP contribution in [0, 0.1) is 126 Å². The monoisotopic (exact) mass is 668 g/mol. The number of rotatable bonds is 8. The molecular formula is C36H28Fe2O2S2+4. The van der Waals surface area contributed by atoms with Crippen molar-refractivity contribution in [1.29, 1.82) is 0 Å². The van der Waals surface area contributed by atoms with Crippen LogP contribution in [0.2, 0.25) is 0 Å². The molecule has 6 rings (SSSR count). The van der Waals surface area contributed by atoms with Crippen molar-refractivity contribution in [3.05, 3.63) is 182 Å². The largest absolute Gasteiger partial charge is 2.00 e. The second-order valence-electron chi connectivity index (χ2n) is 8.51. The molecule has 42 heavy (non-hydrogen) atoms. The van der Waals surface area contributed by atoms with Gasteiger partial charge in [0.15, 0.2) is 0 Å². The molecule has 0 aromatic carbocycles. The molecule has 0 aliphatic heterocycles. The minimum atomic E-state index is 0. The van der Waals surface area contributed by atoms with Crippen LogP contribution in [0.1, 0.15) is 19.5 Å². The van der Waals surface area contributed by atoms with Gasteiger partial charge in [0.25, 0.3) is 0 Å². The molecule has 0 spiro atoms.